The molecule has 0 N–H and O–H groups in total. The Labute approximate surface area is 114 Å². The van der Waals surface area contributed by atoms with Crippen LogP contribution in [-0.4, -0.2) is 12.9 Å². The Hall–Kier alpha value is -1.49. The largest absolute Gasteiger partial charge is 0.543 e. The van der Waals surface area contributed by atoms with Gasteiger partial charge in [0.15, 0.2) is 5.58 Å². The van der Waals surface area contributed by atoms with E-state index in [-0.39, 0.29) is 10.8 Å². The van der Waals surface area contributed by atoms with Crippen LogP contribution in [0.15, 0.2) is 27.4 Å². The van der Waals surface area contributed by atoms with Gasteiger partial charge in [0, 0.05) is 13.1 Å². The molecule has 4 nitrogen and oxygen atoms in total. The molecular formula is C14H21NO3Si. The highest BCUT2D eigenvalue weighted by Gasteiger charge is 2.39. The maximum atomic E-state index is 11.5. The summed E-state index contributed by atoms with van der Waals surface area (Å²) >= 11 is 0. The fraction of sp³-hybridized carbons (Fsp3) is 0.500. The smallest absolute Gasteiger partial charge is 0.419 e. The lowest BCUT2D eigenvalue weighted by molar-refractivity contribution is 0.492. The highest BCUT2D eigenvalue weighted by Crippen LogP contribution is 2.37. The average molecular weight is 279 g/mol. The summed E-state index contributed by atoms with van der Waals surface area (Å²) in [6.07, 6.45) is 0. The zero-order chi connectivity index (χ0) is 14.4. The number of rotatable bonds is 2. The van der Waals surface area contributed by atoms with E-state index in [0.29, 0.717) is 5.58 Å². The Balaban J connectivity index is 2.42. The van der Waals surface area contributed by atoms with Gasteiger partial charge in [0.05, 0.1) is 5.52 Å². The minimum absolute atomic E-state index is 0.143. The first kappa shape index (κ1) is 13.9. The molecule has 0 amide bonds. The van der Waals surface area contributed by atoms with E-state index in [2.05, 4.69) is 33.9 Å². The number of oxazole rings is 1. The Morgan fingerprint density at radius 3 is 2.47 bits per heavy atom. The molecule has 0 saturated carbocycles. The third-order valence-electron chi connectivity index (χ3n) is 3.94. The van der Waals surface area contributed by atoms with Crippen LogP contribution in [0.2, 0.25) is 18.1 Å². The molecule has 2 aromatic rings. The maximum Gasteiger partial charge on any atom is 0.419 e. The number of hydrogen-bond acceptors (Lipinski definition) is 3. The topological polar surface area (TPSA) is 44.4 Å². The van der Waals surface area contributed by atoms with Crippen molar-refractivity contribution >= 4 is 19.4 Å². The van der Waals surface area contributed by atoms with E-state index in [1.54, 1.807) is 13.1 Å². The van der Waals surface area contributed by atoms with Crippen LogP contribution in [0.3, 0.4) is 0 Å². The van der Waals surface area contributed by atoms with E-state index in [9.17, 15) is 4.79 Å². The Kier molecular flexibility index (Phi) is 3.13. The number of hydrogen-bond donors (Lipinski definition) is 0. The van der Waals surface area contributed by atoms with Crippen molar-refractivity contribution in [2.24, 2.45) is 7.05 Å². The van der Waals surface area contributed by atoms with Gasteiger partial charge in [-0.25, -0.2) is 4.79 Å². The molecule has 0 saturated heterocycles. The minimum Gasteiger partial charge on any atom is -0.543 e. The summed E-state index contributed by atoms with van der Waals surface area (Å²) in [7, 11) is -0.163. The fourth-order valence-corrected chi connectivity index (χ4v) is 2.64. The predicted molar refractivity (Wildman–Crippen MR) is 79.3 cm³/mol. The Bertz CT molecular complexity index is 661. The highest BCUT2D eigenvalue weighted by atomic mass is 28.4. The van der Waals surface area contributed by atoms with Gasteiger partial charge in [0.25, 0.3) is 0 Å². The van der Waals surface area contributed by atoms with Crippen LogP contribution in [0.25, 0.3) is 11.1 Å². The van der Waals surface area contributed by atoms with Gasteiger partial charge in [0.1, 0.15) is 5.75 Å². The molecule has 0 fully saturated rings. The van der Waals surface area contributed by atoms with Crippen LogP contribution in [0.5, 0.6) is 5.75 Å². The first-order chi connectivity index (χ1) is 8.62. The Morgan fingerprint density at radius 1 is 1.26 bits per heavy atom. The molecule has 0 unspecified atom stereocenters. The minimum atomic E-state index is -1.86. The third kappa shape index (κ3) is 2.47. The van der Waals surface area contributed by atoms with Gasteiger partial charge < -0.3 is 8.84 Å². The van der Waals surface area contributed by atoms with Crippen molar-refractivity contribution in [1.29, 1.82) is 0 Å². The van der Waals surface area contributed by atoms with Gasteiger partial charge in [-0.1, -0.05) is 20.8 Å². The van der Waals surface area contributed by atoms with Crippen molar-refractivity contribution in [1.82, 2.24) is 4.57 Å². The van der Waals surface area contributed by atoms with Crippen molar-refractivity contribution in [3.8, 4) is 5.75 Å². The van der Waals surface area contributed by atoms with Crippen LogP contribution >= 0.6 is 0 Å². The summed E-state index contributed by atoms with van der Waals surface area (Å²) in [5.41, 5.74) is 1.36. The van der Waals surface area contributed by atoms with Gasteiger partial charge in [-0.15, -0.1) is 0 Å². The summed E-state index contributed by atoms with van der Waals surface area (Å²) in [4.78, 5) is 11.5. The summed E-state index contributed by atoms with van der Waals surface area (Å²) in [5.74, 6) is 0.454. The van der Waals surface area contributed by atoms with Gasteiger partial charge in [-0.2, -0.15) is 0 Å². The lowest BCUT2D eigenvalue weighted by Gasteiger charge is -2.36. The second-order valence-corrected chi connectivity index (χ2v) is 11.1. The molecule has 2 rings (SSSR count). The molecule has 0 bridgehead atoms. The quantitative estimate of drug-likeness (QED) is 0.790. The molecule has 0 aliphatic rings. The van der Waals surface area contributed by atoms with Crippen molar-refractivity contribution in [3.63, 3.8) is 0 Å². The molecule has 5 heteroatoms. The van der Waals surface area contributed by atoms with E-state index in [4.69, 9.17) is 8.84 Å². The van der Waals surface area contributed by atoms with Crippen LogP contribution in [-0.2, 0) is 7.05 Å². The molecule has 0 spiro atoms. The highest BCUT2D eigenvalue weighted by molar-refractivity contribution is 6.74. The van der Waals surface area contributed by atoms with Crippen molar-refractivity contribution in [3.05, 3.63) is 28.7 Å². The molecule has 1 heterocycles. The summed E-state index contributed by atoms with van der Waals surface area (Å²) in [6, 6.07) is 5.53. The zero-order valence-corrected chi connectivity index (χ0v) is 13.4. The monoisotopic (exact) mass is 279 g/mol. The third-order valence-corrected chi connectivity index (χ3v) is 8.30. The normalized spacial score (nSPS) is 12.9. The fourth-order valence-electron chi connectivity index (χ4n) is 1.62. The van der Waals surface area contributed by atoms with Gasteiger partial charge in [-0.3, -0.25) is 4.57 Å². The standard InChI is InChI=1S/C14H21NO3Si/c1-14(2,3)19(5,6)18-10-7-8-12-11(9-10)15(4)13(16)17-12/h7-9H,1-6H3. The van der Waals surface area contributed by atoms with E-state index in [0.717, 1.165) is 11.3 Å². The second-order valence-electron chi connectivity index (χ2n) is 6.42. The van der Waals surface area contributed by atoms with Crippen LogP contribution in [0.1, 0.15) is 20.8 Å². The lowest BCUT2D eigenvalue weighted by Crippen LogP contribution is -2.43. The number of fused-ring (bicyclic) bond motifs is 1. The SMILES string of the molecule is Cn1c(=O)oc2ccc(O[Si](C)(C)C(C)(C)C)cc21. The van der Waals surface area contributed by atoms with Crippen molar-refractivity contribution in [2.75, 3.05) is 0 Å². The molecule has 1 aromatic carbocycles. The molecular weight excluding hydrogens is 258 g/mol. The summed E-state index contributed by atoms with van der Waals surface area (Å²) in [5, 5.41) is 0.143. The van der Waals surface area contributed by atoms with E-state index in [1.165, 1.54) is 4.57 Å². The number of nitrogens with zero attached hydrogens (tertiary/aromatic N) is 1. The van der Waals surface area contributed by atoms with Gasteiger partial charge in [0.2, 0.25) is 8.32 Å². The van der Waals surface area contributed by atoms with Crippen LogP contribution in [0, 0.1) is 0 Å². The molecule has 0 radical (unpaired) electrons. The maximum absolute atomic E-state index is 11.5. The molecule has 0 aliphatic heterocycles. The first-order valence-electron chi connectivity index (χ1n) is 6.40. The van der Waals surface area contributed by atoms with Crippen molar-refractivity contribution in [2.45, 2.75) is 38.9 Å². The number of benzene rings is 1. The number of aromatic nitrogens is 1. The molecule has 19 heavy (non-hydrogen) atoms. The van der Waals surface area contributed by atoms with Crippen LogP contribution in [0.4, 0.5) is 0 Å². The summed E-state index contributed by atoms with van der Waals surface area (Å²) in [6.45, 7) is 11.0. The average Bonchev–Trinajstić information content (AvgIpc) is 2.54. The molecule has 0 atom stereocenters. The van der Waals surface area contributed by atoms with Crippen molar-refractivity contribution < 1.29 is 8.84 Å². The van der Waals surface area contributed by atoms with E-state index >= 15 is 0 Å². The molecule has 1 aromatic heterocycles. The second kappa shape index (κ2) is 4.26. The summed E-state index contributed by atoms with van der Waals surface area (Å²) < 4.78 is 12.8. The molecule has 0 aliphatic carbocycles. The van der Waals surface area contributed by atoms with Gasteiger partial charge >= 0.3 is 5.76 Å². The van der Waals surface area contributed by atoms with E-state index in [1.807, 2.05) is 12.1 Å². The van der Waals surface area contributed by atoms with E-state index < -0.39 is 8.32 Å². The van der Waals surface area contributed by atoms with Crippen LogP contribution < -0.4 is 10.2 Å². The zero-order valence-electron chi connectivity index (χ0n) is 12.4. The lowest BCUT2D eigenvalue weighted by atomic mass is 10.2. The number of aryl methyl sites for hydroxylation is 1. The Morgan fingerprint density at radius 2 is 1.89 bits per heavy atom. The molecule has 104 valence electrons. The predicted octanol–water partition coefficient (Wildman–Crippen LogP) is 3.52. The van der Waals surface area contributed by atoms with Gasteiger partial charge in [-0.05, 0) is 30.3 Å². The first-order valence-corrected chi connectivity index (χ1v) is 9.31.